The molecule has 2 heterocycles. The van der Waals surface area contributed by atoms with Crippen molar-refractivity contribution < 1.29 is 27.5 Å². The highest BCUT2D eigenvalue weighted by Crippen LogP contribution is 2.31. The van der Waals surface area contributed by atoms with E-state index in [1.807, 2.05) is 24.3 Å². The number of aryl methyl sites for hydroxylation is 1. The molecular formula is C31H26ClF3N6O3S. The van der Waals surface area contributed by atoms with Crippen LogP contribution in [0.4, 0.5) is 24.5 Å². The Bertz CT molecular complexity index is 1810. The number of ether oxygens (including phenoxy) is 1. The molecule has 4 aromatic rings. The largest absolute Gasteiger partial charge is 0.573 e. The number of carbonyl (C=O) groups excluding carboxylic acids is 2. The third-order valence-corrected chi connectivity index (χ3v) is 7.77. The third kappa shape index (κ3) is 7.73. The van der Waals surface area contributed by atoms with Crippen molar-refractivity contribution in [2.75, 3.05) is 11.1 Å². The summed E-state index contributed by atoms with van der Waals surface area (Å²) in [6.45, 7) is 5.85. The van der Waals surface area contributed by atoms with Crippen LogP contribution in [-0.4, -0.2) is 50.1 Å². The van der Waals surface area contributed by atoms with E-state index in [1.165, 1.54) is 39.8 Å². The van der Waals surface area contributed by atoms with Crippen molar-refractivity contribution in [3.63, 3.8) is 0 Å². The first-order chi connectivity index (χ1) is 21.4. The lowest BCUT2D eigenvalue weighted by Crippen LogP contribution is -2.23. The molecule has 1 aliphatic rings. The lowest BCUT2D eigenvalue weighted by molar-refractivity contribution is -0.274. The number of halogens is 4. The number of nitrogens with one attached hydrogen (secondary N) is 1. The molecule has 14 heteroatoms. The van der Waals surface area contributed by atoms with Gasteiger partial charge in [0.2, 0.25) is 0 Å². The van der Waals surface area contributed by atoms with Gasteiger partial charge in [0.15, 0.2) is 5.17 Å². The van der Waals surface area contributed by atoms with Gasteiger partial charge in [-0.3, -0.25) is 9.59 Å². The van der Waals surface area contributed by atoms with Crippen LogP contribution in [0, 0.1) is 6.92 Å². The Morgan fingerprint density at radius 1 is 1.13 bits per heavy atom. The van der Waals surface area contributed by atoms with E-state index < -0.39 is 18.0 Å². The van der Waals surface area contributed by atoms with Gasteiger partial charge in [-0.25, -0.2) is 9.67 Å². The van der Waals surface area contributed by atoms with Crippen LogP contribution in [-0.2, 0) is 4.79 Å². The zero-order chi connectivity index (χ0) is 32.3. The number of benzene rings is 3. The lowest BCUT2D eigenvalue weighted by Gasteiger charge is -2.12. The number of hydrogen-bond acceptors (Lipinski definition) is 7. The lowest BCUT2D eigenvalue weighted by atomic mass is 10.0. The minimum atomic E-state index is -4.83. The number of hydrogen-bond donors (Lipinski definition) is 1. The monoisotopic (exact) mass is 654 g/mol. The number of rotatable bonds is 8. The summed E-state index contributed by atoms with van der Waals surface area (Å²) >= 11 is 7.90. The van der Waals surface area contributed by atoms with E-state index in [9.17, 15) is 22.8 Å². The van der Waals surface area contributed by atoms with E-state index in [0.29, 0.717) is 32.8 Å². The molecule has 0 saturated carbocycles. The van der Waals surface area contributed by atoms with Crippen LogP contribution in [0.1, 0.15) is 46.9 Å². The number of alkyl halides is 3. The van der Waals surface area contributed by atoms with Gasteiger partial charge in [0.1, 0.15) is 5.75 Å². The van der Waals surface area contributed by atoms with Crippen molar-refractivity contribution in [1.29, 1.82) is 0 Å². The van der Waals surface area contributed by atoms with Crippen LogP contribution < -0.4 is 10.1 Å². The molecule has 1 aromatic heterocycles. The Hall–Kier alpha value is -4.62. The molecule has 0 bridgehead atoms. The maximum absolute atomic E-state index is 12.7. The van der Waals surface area contributed by atoms with Gasteiger partial charge in [0.05, 0.1) is 45.9 Å². The van der Waals surface area contributed by atoms with E-state index in [2.05, 4.69) is 34.1 Å². The number of nitrogens with zero attached hydrogens (tertiary/aromatic N) is 5. The normalized spacial score (nSPS) is 14.6. The van der Waals surface area contributed by atoms with Crippen molar-refractivity contribution >= 4 is 57.9 Å². The minimum Gasteiger partial charge on any atom is -0.406 e. The summed E-state index contributed by atoms with van der Waals surface area (Å²) in [4.78, 5) is 30.0. The second-order valence-electron chi connectivity index (χ2n) is 10.2. The first kappa shape index (κ1) is 31.8. The highest BCUT2D eigenvalue weighted by Gasteiger charge is 2.31. The predicted molar refractivity (Wildman–Crippen MR) is 169 cm³/mol. The number of thioether (sulfide) groups is 1. The van der Waals surface area contributed by atoms with Crippen molar-refractivity contribution in [1.82, 2.24) is 14.8 Å². The molecule has 3 aromatic carbocycles. The van der Waals surface area contributed by atoms with Crippen LogP contribution in [0.15, 0.2) is 83.0 Å². The number of para-hydroxylation sites is 1. The highest BCUT2D eigenvalue weighted by molar-refractivity contribution is 8.15. The summed E-state index contributed by atoms with van der Waals surface area (Å²) in [5, 5.41) is 13.6. The van der Waals surface area contributed by atoms with Gasteiger partial charge >= 0.3 is 6.36 Å². The van der Waals surface area contributed by atoms with Crippen molar-refractivity contribution in [2.24, 2.45) is 10.1 Å². The fraction of sp³-hybridized carbons (Fsp3) is 0.194. The Labute approximate surface area is 265 Å². The average molecular weight is 655 g/mol. The van der Waals surface area contributed by atoms with E-state index >= 15 is 0 Å². The van der Waals surface area contributed by atoms with Gasteiger partial charge in [-0.05, 0) is 66.4 Å². The van der Waals surface area contributed by atoms with Crippen LogP contribution in [0.25, 0.3) is 5.69 Å². The van der Waals surface area contributed by atoms with E-state index in [1.54, 1.807) is 31.3 Å². The molecule has 0 unspecified atom stereocenters. The van der Waals surface area contributed by atoms with Crippen molar-refractivity contribution in [3.8, 4) is 11.4 Å². The Morgan fingerprint density at radius 3 is 2.56 bits per heavy atom. The van der Waals surface area contributed by atoms with Gasteiger partial charge in [0.25, 0.3) is 11.8 Å². The second kappa shape index (κ2) is 13.2. The van der Waals surface area contributed by atoms with Crippen molar-refractivity contribution in [2.45, 2.75) is 33.1 Å². The molecule has 0 spiro atoms. The molecule has 0 aliphatic carbocycles. The topological polar surface area (TPSA) is 101 Å². The molecule has 2 amide bonds. The number of aliphatic imine (C=N–C) groups is 1. The smallest absolute Gasteiger partial charge is 0.406 e. The first-order valence-corrected chi connectivity index (χ1v) is 14.9. The van der Waals surface area contributed by atoms with Crippen LogP contribution >= 0.6 is 23.4 Å². The number of carbonyl (C=O) groups is 2. The van der Waals surface area contributed by atoms with Gasteiger partial charge < -0.3 is 10.1 Å². The number of hydrazone groups is 1. The van der Waals surface area contributed by atoms with Gasteiger partial charge in [-0.2, -0.15) is 15.2 Å². The Kier molecular flexibility index (Phi) is 9.30. The van der Waals surface area contributed by atoms with Crippen LogP contribution in [0.5, 0.6) is 5.75 Å². The SMILES string of the molecule is Cc1nn(-c2ccc(C=NN3C(=O)CSC3=Nc3ccccc3C(C)C)cc2Cl)cc1NC(=O)c1ccc(OC(F)(F)F)cc1. The zero-order valence-corrected chi connectivity index (χ0v) is 25.7. The number of amidine groups is 1. The molecule has 1 saturated heterocycles. The molecule has 1 N–H and O–H groups in total. The zero-order valence-electron chi connectivity index (χ0n) is 24.2. The standard InChI is InChI=1S/C31H26ClF3N6O3S/c1-18(2)23-6-4-5-7-25(23)38-30-41(28(42)17-45-30)36-15-20-8-13-27(24(32)14-20)40-16-26(19(3)39-40)37-29(43)21-9-11-22(12-10-21)44-31(33,34)35/h4-16,18H,17H2,1-3H3,(H,37,43). The predicted octanol–water partition coefficient (Wildman–Crippen LogP) is 7.71. The Balaban J connectivity index is 1.29. The molecule has 5 rings (SSSR count). The minimum absolute atomic E-state index is 0.130. The van der Waals surface area contributed by atoms with Gasteiger partial charge in [0, 0.05) is 5.56 Å². The molecule has 1 aliphatic heterocycles. The fourth-order valence-corrected chi connectivity index (χ4v) is 5.44. The molecule has 1 fully saturated rings. The van der Waals surface area contributed by atoms with Crippen LogP contribution in [0.2, 0.25) is 5.02 Å². The summed E-state index contributed by atoms with van der Waals surface area (Å²) in [6, 6.07) is 17.5. The van der Waals surface area contributed by atoms with Crippen molar-refractivity contribution in [3.05, 3.63) is 100 Å². The number of aromatic nitrogens is 2. The average Bonchev–Trinajstić information content (AvgIpc) is 3.52. The van der Waals surface area contributed by atoms with E-state index in [4.69, 9.17) is 16.6 Å². The highest BCUT2D eigenvalue weighted by atomic mass is 35.5. The Morgan fingerprint density at radius 2 is 1.87 bits per heavy atom. The van der Waals surface area contributed by atoms with E-state index in [0.717, 1.165) is 23.4 Å². The first-order valence-electron chi connectivity index (χ1n) is 13.6. The molecule has 0 atom stereocenters. The maximum Gasteiger partial charge on any atom is 0.573 e. The summed E-state index contributed by atoms with van der Waals surface area (Å²) in [7, 11) is 0. The summed E-state index contributed by atoms with van der Waals surface area (Å²) in [5.74, 6) is -0.669. The van der Waals surface area contributed by atoms with Gasteiger partial charge in [-0.1, -0.05) is 61.5 Å². The molecule has 232 valence electrons. The number of anilines is 1. The fourth-order valence-electron chi connectivity index (χ4n) is 4.35. The molecule has 9 nitrogen and oxygen atoms in total. The maximum atomic E-state index is 12.7. The molecule has 0 radical (unpaired) electrons. The number of amides is 2. The summed E-state index contributed by atoms with van der Waals surface area (Å²) in [5.41, 5.74) is 4.01. The van der Waals surface area contributed by atoms with Crippen LogP contribution in [0.3, 0.4) is 0 Å². The quantitative estimate of drug-likeness (QED) is 0.196. The molecule has 45 heavy (non-hydrogen) atoms. The summed E-state index contributed by atoms with van der Waals surface area (Å²) in [6.07, 6.45) is -1.73. The molecular weight excluding hydrogens is 629 g/mol. The van der Waals surface area contributed by atoms with Gasteiger partial charge in [-0.15, -0.1) is 13.2 Å². The van der Waals surface area contributed by atoms with E-state index in [-0.39, 0.29) is 23.1 Å². The third-order valence-electron chi connectivity index (χ3n) is 6.56. The summed E-state index contributed by atoms with van der Waals surface area (Å²) < 4.78 is 42.6. The second-order valence-corrected chi connectivity index (χ2v) is 11.5.